The number of rotatable bonds is 7. The average molecular weight is 477 g/mol. The molecule has 1 heterocycles. The zero-order chi connectivity index (χ0) is 24.2. The van der Waals surface area contributed by atoms with Gasteiger partial charge in [0.05, 0.1) is 5.56 Å². The number of ether oxygens (including phenoxy) is 1. The van der Waals surface area contributed by atoms with Crippen LogP contribution in [0.5, 0.6) is 0 Å². The number of para-hydroxylation sites is 1. The molecule has 0 aliphatic carbocycles. The first-order chi connectivity index (χ1) is 15.6. The number of hydrogen-bond donors (Lipinski definition) is 1. The quantitative estimate of drug-likeness (QED) is 0.604. The van der Waals surface area contributed by atoms with Gasteiger partial charge in [0.15, 0.2) is 6.61 Å². The number of aryl methyl sites for hydroxylation is 1. The van der Waals surface area contributed by atoms with Crippen LogP contribution in [-0.2, 0) is 19.6 Å². The second-order valence-electron chi connectivity index (χ2n) is 8.43. The predicted octanol–water partition coefficient (Wildman–Crippen LogP) is 4.23. The lowest BCUT2D eigenvalue weighted by Crippen LogP contribution is -2.36. The summed E-state index contributed by atoms with van der Waals surface area (Å²) in [5.41, 5.74) is 2.37. The molecule has 1 aliphatic heterocycles. The van der Waals surface area contributed by atoms with E-state index in [0.717, 1.165) is 35.7 Å². The monoisotopic (exact) mass is 476 g/mol. The van der Waals surface area contributed by atoms with Crippen molar-refractivity contribution in [2.24, 2.45) is 0 Å². The maximum Gasteiger partial charge on any atom is 0.338 e. The van der Waals surface area contributed by atoms with Crippen molar-refractivity contribution in [3.05, 3.63) is 58.9 Å². The van der Waals surface area contributed by atoms with Crippen molar-refractivity contribution >= 4 is 27.6 Å². The van der Waals surface area contributed by atoms with Crippen LogP contribution in [0.3, 0.4) is 0 Å². The number of esters is 1. The van der Waals surface area contributed by atoms with Gasteiger partial charge in [-0.15, -0.1) is 0 Å². The number of anilines is 1. The molecule has 1 amide bonds. The molecular formula is C24H29FN2O5S. The van der Waals surface area contributed by atoms with Crippen LogP contribution in [0.15, 0.2) is 41.3 Å². The van der Waals surface area contributed by atoms with Crippen LogP contribution in [0.2, 0.25) is 0 Å². The fourth-order valence-electron chi connectivity index (χ4n) is 3.80. The van der Waals surface area contributed by atoms with E-state index in [0.29, 0.717) is 31.6 Å². The molecule has 2 aromatic rings. The van der Waals surface area contributed by atoms with Crippen molar-refractivity contribution < 1.29 is 27.1 Å². The Morgan fingerprint density at radius 3 is 2.48 bits per heavy atom. The average Bonchev–Trinajstić information content (AvgIpc) is 2.79. The molecule has 0 unspecified atom stereocenters. The standard InChI is InChI=1S/C24H29FN2O5S/c1-16(2)19-9-7-8-17(3)23(19)26-22(28)15-32-24(29)18-10-11-20(25)21(14-18)33(30,31)27-12-5-4-6-13-27/h7-11,14,16H,4-6,12-13,15H2,1-3H3,(H,26,28). The van der Waals surface area contributed by atoms with Crippen molar-refractivity contribution in [3.8, 4) is 0 Å². The van der Waals surface area contributed by atoms with E-state index in [1.165, 1.54) is 4.31 Å². The summed E-state index contributed by atoms with van der Waals surface area (Å²) in [5, 5.41) is 2.78. The van der Waals surface area contributed by atoms with Gasteiger partial charge in [0.25, 0.3) is 5.91 Å². The lowest BCUT2D eigenvalue weighted by atomic mass is 9.98. The number of carbonyl (C=O) groups excluding carboxylic acids is 2. The van der Waals surface area contributed by atoms with Gasteiger partial charge >= 0.3 is 5.97 Å². The Hall–Kier alpha value is -2.78. The summed E-state index contributed by atoms with van der Waals surface area (Å²) in [7, 11) is -4.07. The summed E-state index contributed by atoms with van der Waals surface area (Å²) in [4.78, 5) is 24.3. The van der Waals surface area contributed by atoms with E-state index in [9.17, 15) is 22.4 Å². The van der Waals surface area contributed by atoms with Gasteiger partial charge in [-0.2, -0.15) is 4.31 Å². The van der Waals surface area contributed by atoms with Gasteiger partial charge < -0.3 is 10.1 Å². The Kier molecular flexibility index (Phi) is 7.86. The molecule has 0 bridgehead atoms. The number of piperidine rings is 1. The summed E-state index contributed by atoms with van der Waals surface area (Å²) in [6.07, 6.45) is 2.33. The number of nitrogens with one attached hydrogen (secondary N) is 1. The van der Waals surface area contributed by atoms with E-state index in [-0.39, 0.29) is 11.5 Å². The molecule has 0 aromatic heterocycles. The van der Waals surface area contributed by atoms with Crippen molar-refractivity contribution in [1.82, 2.24) is 4.31 Å². The molecular weight excluding hydrogens is 447 g/mol. The molecule has 3 rings (SSSR count). The highest BCUT2D eigenvalue weighted by atomic mass is 32.2. The molecule has 0 saturated carbocycles. The minimum absolute atomic E-state index is 0.140. The molecule has 1 aliphatic rings. The number of sulfonamides is 1. The summed E-state index contributed by atoms with van der Waals surface area (Å²) in [5.74, 6) is -2.19. The van der Waals surface area contributed by atoms with Crippen LogP contribution in [0.1, 0.15) is 60.5 Å². The van der Waals surface area contributed by atoms with Gasteiger partial charge in [-0.05, 0) is 55.0 Å². The Bertz CT molecular complexity index is 1140. The van der Waals surface area contributed by atoms with Gasteiger partial charge in [-0.3, -0.25) is 4.79 Å². The molecule has 9 heteroatoms. The Balaban J connectivity index is 1.70. The molecule has 2 aromatic carbocycles. The fraction of sp³-hybridized carbons (Fsp3) is 0.417. The molecule has 0 radical (unpaired) electrons. The zero-order valence-corrected chi connectivity index (χ0v) is 19.9. The number of hydrogen-bond acceptors (Lipinski definition) is 5. The molecule has 0 atom stereocenters. The maximum absolute atomic E-state index is 14.4. The highest BCUT2D eigenvalue weighted by Crippen LogP contribution is 2.27. The van der Waals surface area contributed by atoms with E-state index >= 15 is 0 Å². The normalized spacial score (nSPS) is 14.8. The smallest absolute Gasteiger partial charge is 0.338 e. The molecule has 1 fully saturated rings. The number of amides is 1. The summed E-state index contributed by atoms with van der Waals surface area (Å²) in [6.45, 7) is 5.96. The van der Waals surface area contributed by atoms with E-state index in [2.05, 4.69) is 5.32 Å². The van der Waals surface area contributed by atoms with E-state index in [4.69, 9.17) is 4.74 Å². The molecule has 178 valence electrons. The van der Waals surface area contributed by atoms with Crippen molar-refractivity contribution in [1.29, 1.82) is 0 Å². The van der Waals surface area contributed by atoms with Gasteiger partial charge in [0, 0.05) is 18.8 Å². The minimum Gasteiger partial charge on any atom is -0.452 e. The minimum atomic E-state index is -4.07. The van der Waals surface area contributed by atoms with Crippen LogP contribution >= 0.6 is 0 Å². The number of halogens is 1. The topological polar surface area (TPSA) is 92.8 Å². The van der Waals surface area contributed by atoms with Crippen molar-refractivity contribution in [2.45, 2.75) is 50.8 Å². The third kappa shape index (κ3) is 5.78. The molecule has 33 heavy (non-hydrogen) atoms. The molecule has 7 nitrogen and oxygen atoms in total. The summed E-state index contributed by atoms with van der Waals surface area (Å²) >= 11 is 0. The van der Waals surface area contributed by atoms with Crippen LogP contribution in [0, 0.1) is 12.7 Å². The Labute approximate surface area is 194 Å². The first kappa shape index (κ1) is 24.9. The van der Waals surface area contributed by atoms with Crippen molar-refractivity contribution in [2.75, 3.05) is 25.0 Å². The van der Waals surface area contributed by atoms with Gasteiger partial charge in [0.2, 0.25) is 10.0 Å². The number of nitrogens with zero attached hydrogens (tertiary/aromatic N) is 1. The van der Waals surface area contributed by atoms with Crippen LogP contribution in [-0.4, -0.2) is 44.3 Å². The van der Waals surface area contributed by atoms with E-state index in [1.54, 1.807) is 0 Å². The summed E-state index contributed by atoms with van der Waals surface area (Å²) in [6, 6.07) is 8.74. The molecule has 0 spiro atoms. The Morgan fingerprint density at radius 1 is 1.12 bits per heavy atom. The SMILES string of the molecule is Cc1cccc(C(C)C)c1NC(=O)COC(=O)c1ccc(F)c(S(=O)(=O)N2CCCCC2)c1. The van der Waals surface area contributed by atoms with Crippen LogP contribution in [0.4, 0.5) is 10.1 Å². The third-order valence-corrected chi connectivity index (χ3v) is 7.54. The lowest BCUT2D eigenvalue weighted by Gasteiger charge is -2.26. The number of benzene rings is 2. The molecule has 1 saturated heterocycles. The van der Waals surface area contributed by atoms with Crippen LogP contribution in [0.25, 0.3) is 0 Å². The van der Waals surface area contributed by atoms with Crippen molar-refractivity contribution in [3.63, 3.8) is 0 Å². The van der Waals surface area contributed by atoms with E-state index < -0.39 is 39.2 Å². The number of carbonyl (C=O) groups is 2. The fourth-order valence-corrected chi connectivity index (χ4v) is 5.41. The first-order valence-corrected chi connectivity index (χ1v) is 12.4. The second-order valence-corrected chi connectivity index (χ2v) is 10.3. The van der Waals surface area contributed by atoms with Gasteiger partial charge in [0.1, 0.15) is 10.7 Å². The highest BCUT2D eigenvalue weighted by molar-refractivity contribution is 7.89. The second kappa shape index (κ2) is 10.4. The van der Waals surface area contributed by atoms with Crippen LogP contribution < -0.4 is 5.32 Å². The maximum atomic E-state index is 14.4. The predicted molar refractivity (Wildman–Crippen MR) is 123 cm³/mol. The Morgan fingerprint density at radius 2 is 1.82 bits per heavy atom. The lowest BCUT2D eigenvalue weighted by molar-refractivity contribution is -0.119. The largest absolute Gasteiger partial charge is 0.452 e. The van der Waals surface area contributed by atoms with Gasteiger partial charge in [-0.25, -0.2) is 17.6 Å². The van der Waals surface area contributed by atoms with Gasteiger partial charge in [-0.1, -0.05) is 38.5 Å². The molecule has 1 N–H and O–H groups in total. The summed E-state index contributed by atoms with van der Waals surface area (Å²) < 4.78 is 46.3. The third-order valence-electron chi connectivity index (χ3n) is 5.63. The first-order valence-electron chi connectivity index (χ1n) is 11.0. The zero-order valence-electron chi connectivity index (χ0n) is 19.1. The van der Waals surface area contributed by atoms with E-state index in [1.807, 2.05) is 39.0 Å². The highest BCUT2D eigenvalue weighted by Gasteiger charge is 2.29.